The lowest BCUT2D eigenvalue weighted by Gasteiger charge is -2.28. The second-order valence-corrected chi connectivity index (χ2v) is 10.1. The van der Waals surface area contributed by atoms with Gasteiger partial charge in [0.15, 0.2) is 9.84 Å². The topological polar surface area (TPSA) is 46.2 Å². The van der Waals surface area contributed by atoms with E-state index in [1.165, 1.54) is 24.7 Å². The van der Waals surface area contributed by atoms with Gasteiger partial charge >= 0.3 is 0 Å². The molecule has 0 spiro atoms. The van der Waals surface area contributed by atoms with Gasteiger partial charge in [-0.25, -0.2) is 8.42 Å². The molecule has 2 atom stereocenters. The number of nitrogens with one attached hydrogen (secondary N) is 1. The minimum atomic E-state index is -3.35. The summed E-state index contributed by atoms with van der Waals surface area (Å²) in [6, 6.07) is 26.3. The second kappa shape index (κ2) is 10.7. The zero-order valence-electron chi connectivity index (χ0n) is 18.7. The third-order valence-electron chi connectivity index (χ3n) is 5.78. The van der Waals surface area contributed by atoms with E-state index in [2.05, 4.69) is 49.5 Å². The Bertz CT molecular complexity index is 1080. The molecule has 0 aliphatic rings. The Kier molecular flexibility index (Phi) is 8.05. The number of hydrogen-bond acceptors (Lipinski definition) is 3. The molecule has 0 saturated heterocycles. The van der Waals surface area contributed by atoms with Crippen molar-refractivity contribution in [1.82, 2.24) is 5.32 Å². The van der Waals surface area contributed by atoms with E-state index in [0.717, 1.165) is 29.5 Å². The highest BCUT2D eigenvalue weighted by molar-refractivity contribution is 7.90. The predicted octanol–water partition coefficient (Wildman–Crippen LogP) is 6.40. The molecule has 0 heterocycles. The minimum Gasteiger partial charge on any atom is -0.303 e. The number of sulfone groups is 1. The molecular formula is C27H33NO2S. The molecule has 2 unspecified atom stereocenters. The Morgan fingerprint density at radius 3 is 2.06 bits per heavy atom. The van der Waals surface area contributed by atoms with Crippen molar-refractivity contribution in [2.75, 3.05) is 6.26 Å². The summed E-state index contributed by atoms with van der Waals surface area (Å²) >= 11 is 0. The van der Waals surface area contributed by atoms with Crippen LogP contribution < -0.4 is 5.32 Å². The maximum absolute atomic E-state index is 12.5. The zero-order valence-corrected chi connectivity index (χ0v) is 19.5. The SMILES string of the molecule is CCCCC(CC)NC(c1ccccc1)c1ccccc1-c1ccccc1S(C)(=O)=O. The summed E-state index contributed by atoms with van der Waals surface area (Å²) in [4.78, 5) is 0.368. The summed E-state index contributed by atoms with van der Waals surface area (Å²) in [6.07, 6.45) is 5.81. The summed E-state index contributed by atoms with van der Waals surface area (Å²) in [6.45, 7) is 4.44. The van der Waals surface area contributed by atoms with E-state index in [9.17, 15) is 8.42 Å². The summed E-state index contributed by atoms with van der Waals surface area (Å²) in [5.41, 5.74) is 3.99. The average Bonchev–Trinajstić information content (AvgIpc) is 2.79. The first kappa shape index (κ1) is 23.2. The smallest absolute Gasteiger partial charge is 0.176 e. The molecule has 3 aromatic carbocycles. The lowest BCUT2D eigenvalue weighted by atomic mass is 9.90. The molecule has 3 aromatic rings. The standard InChI is InChI=1S/C27H33NO2S/c1-4-6-16-22(5-2)28-27(21-14-8-7-9-15-21)25-19-11-10-17-23(25)24-18-12-13-20-26(24)31(3,29)30/h7-15,17-20,22,27-28H,4-6,16H2,1-3H3. The third-order valence-corrected chi connectivity index (χ3v) is 6.94. The molecule has 0 aromatic heterocycles. The molecule has 4 heteroatoms. The number of benzene rings is 3. The van der Waals surface area contributed by atoms with E-state index < -0.39 is 9.84 Å². The molecule has 0 aliphatic carbocycles. The Balaban J connectivity index is 2.14. The van der Waals surface area contributed by atoms with E-state index in [0.29, 0.717) is 10.9 Å². The van der Waals surface area contributed by atoms with Crippen LogP contribution in [0, 0.1) is 0 Å². The van der Waals surface area contributed by atoms with Crippen LogP contribution in [0.1, 0.15) is 56.7 Å². The van der Waals surface area contributed by atoms with Gasteiger partial charge in [0, 0.05) is 17.9 Å². The maximum atomic E-state index is 12.5. The van der Waals surface area contributed by atoms with Crippen LogP contribution in [0.5, 0.6) is 0 Å². The van der Waals surface area contributed by atoms with Crippen molar-refractivity contribution in [3.05, 3.63) is 90.0 Å². The van der Waals surface area contributed by atoms with E-state index in [1.807, 2.05) is 36.4 Å². The monoisotopic (exact) mass is 435 g/mol. The van der Waals surface area contributed by atoms with Crippen molar-refractivity contribution in [2.24, 2.45) is 0 Å². The van der Waals surface area contributed by atoms with Crippen LogP contribution in [0.4, 0.5) is 0 Å². The maximum Gasteiger partial charge on any atom is 0.176 e. The van der Waals surface area contributed by atoms with Crippen LogP contribution in [0.15, 0.2) is 83.8 Å². The molecule has 0 aliphatic heterocycles. The average molecular weight is 436 g/mol. The zero-order chi connectivity index (χ0) is 22.3. The van der Waals surface area contributed by atoms with Crippen molar-refractivity contribution in [3.8, 4) is 11.1 Å². The first-order chi connectivity index (χ1) is 15.0. The lowest BCUT2D eigenvalue weighted by molar-refractivity contribution is 0.422. The van der Waals surface area contributed by atoms with Crippen LogP contribution in [-0.2, 0) is 9.84 Å². The predicted molar refractivity (Wildman–Crippen MR) is 130 cm³/mol. The molecule has 0 fully saturated rings. The van der Waals surface area contributed by atoms with Gasteiger partial charge in [-0.15, -0.1) is 0 Å². The number of rotatable bonds is 10. The largest absolute Gasteiger partial charge is 0.303 e. The van der Waals surface area contributed by atoms with Gasteiger partial charge in [0.05, 0.1) is 10.9 Å². The fraction of sp³-hybridized carbons (Fsp3) is 0.333. The van der Waals surface area contributed by atoms with Crippen LogP contribution >= 0.6 is 0 Å². The number of unbranched alkanes of at least 4 members (excludes halogenated alkanes) is 1. The Morgan fingerprint density at radius 2 is 1.42 bits per heavy atom. The van der Waals surface area contributed by atoms with Gasteiger partial charge < -0.3 is 5.32 Å². The molecule has 164 valence electrons. The molecule has 1 N–H and O–H groups in total. The molecule has 0 amide bonds. The van der Waals surface area contributed by atoms with E-state index in [1.54, 1.807) is 12.1 Å². The van der Waals surface area contributed by atoms with E-state index in [-0.39, 0.29) is 6.04 Å². The van der Waals surface area contributed by atoms with Crippen LogP contribution in [-0.4, -0.2) is 20.7 Å². The molecule has 0 saturated carbocycles. The summed E-state index contributed by atoms with van der Waals surface area (Å²) in [5, 5.41) is 3.89. The van der Waals surface area contributed by atoms with Crippen molar-refractivity contribution in [3.63, 3.8) is 0 Å². The summed E-state index contributed by atoms with van der Waals surface area (Å²) < 4.78 is 25.0. The van der Waals surface area contributed by atoms with Crippen molar-refractivity contribution in [2.45, 2.75) is 56.5 Å². The fourth-order valence-electron chi connectivity index (χ4n) is 4.11. The molecule has 0 radical (unpaired) electrons. The first-order valence-electron chi connectivity index (χ1n) is 11.1. The van der Waals surface area contributed by atoms with Gasteiger partial charge in [0.2, 0.25) is 0 Å². The van der Waals surface area contributed by atoms with Gasteiger partial charge in [-0.3, -0.25) is 0 Å². The van der Waals surface area contributed by atoms with Crippen molar-refractivity contribution < 1.29 is 8.42 Å². The highest BCUT2D eigenvalue weighted by atomic mass is 32.2. The van der Waals surface area contributed by atoms with Crippen LogP contribution in [0.25, 0.3) is 11.1 Å². The molecular weight excluding hydrogens is 402 g/mol. The summed E-state index contributed by atoms with van der Waals surface area (Å²) in [7, 11) is -3.35. The Labute approximate surface area is 187 Å². The molecule has 3 nitrogen and oxygen atoms in total. The van der Waals surface area contributed by atoms with Crippen LogP contribution in [0.3, 0.4) is 0 Å². The van der Waals surface area contributed by atoms with Gasteiger partial charge in [-0.05, 0) is 35.6 Å². The van der Waals surface area contributed by atoms with E-state index >= 15 is 0 Å². The molecule has 31 heavy (non-hydrogen) atoms. The molecule has 0 bridgehead atoms. The van der Waals surface area contributed by atoms with Gasteiger partial charge in [0.1, 0.15) is 0 Å². The van der Waals surface area contributed by atoms with Gasteiger partial charge in [0.25, 0.3) is 0 Å². The highest BCUT2D eigenvalue weighted by Crippen LogP contribution is 2.35. The van der Waals surface area contributed by atoms with Crippen molar-refractivity contribution in [1.29, 1.82) is 0 Å². The first-order valence-corrected chi connectivity index (χ1v) is 13.0. The van der Waals surface area contributed by atoms with Crippen LogP contribution in [0.2, 0.25) is 0 Å². The van der Waals surface area contributed by atoms with Crippen molar-refractivity contribution >= 4 is 9.84 Å². The third kappa shape index (κ3) is 5.84. The van der Waals surface area contributed by atoms with Gasteiger partial charge in [-0.2, -0.15) is 0 Å². The number of hydrogen-bond donors (Lipinski definition) is 1. The quantitative estimate of drug-likeness (QED) is 0.400. The second-order valence-electron chi connectivity index (χ2n) is 8.11. The Morgan fingerprint density at radius 1 is 0.806 bits per heavy atom. The van der Waals surface area contributed by atoms with E-state index in [4.69, 9.17) is 0 Å². The highest BCUT2D eigenvalue weighted by Gasteiger charge is 2.23. The lowest BCUT2D eigenvalue weighted by Crippen LogP contribution is -2.33. The normalized spacial score (nSPS) is 13.6. The fourth-order valence-corrected chi connectivity index (χ4v) is 5.01. The minimum absolute atomic E-state index is 0.0215. The summed E-state index contributed by atoms with van der Waals surface area (Å²) in [5.74, 6) is 0. The Hall–Kier alpha value is -2.43. The van der Waals surface area contributed by atoms with Gasteiger partial charge in [-0.1, -0.05) is 99.5 Å². The molecule has 3 rings (SSSR count).